The highest BCUT2D eigenvalue weighted by molar-refractivity contribution is 6.33. The topological polar surface area (TPSA) is 29.1 Å². The van der Waals surface area contributed by atoms with E-state index in [4.69, 9.17) is 11.6 Å². The summed E-state index contributed by atoms with van der Waals surface area (Å²) in [5.74, 6) is 0.150. The number of nitrogens with one attached hydrogen (secondary N) is 1. The van der Waals surface area contributed by atoms with Crippen molar-refractivity contribution in [2.24, 2.45) is 5.92 Å². The van der Waals surface area contributed by atoms with Crippen molar-refractivity contribution in [1.29, 1.82) is 0 Å². The third kappa shape index (κ3) is 3.10. The van der Waals surface area contributed by atoms with Gasteiger partial charge in [0.1, 0.15) is 0 Å². The van der Waals surface area contributed by atoms with Crippen LogP contribution in [0.1, 0.15) is 24.8 Å². The van der Waals surface area contributed by atoms with Crippen molar-refractivity contribution < 1.29 is 4.79 Å². The lowest BCUT2D eigenvalue weighted by molar-refractivity contribution is -0.120. The summed E-state index contributed by atoms with van der Waals surface area (Å²) in [6.07, 6.45) is 6.94. The van der Waals surface area contributed by atoms with Crippen LogP contribution >= 0.6 is 11.6 Å². The van der Waals surface area contributed by atoms with Crippen molar-refractivity contribution in [3.63, 3.8) is 0 Å². The van der Waals surface area contributed by atoms with Crippen molar-refractivity contribution >= 4 is 23.2 Å². The molecule has 0 bridgehead atoms. The molecule has 0 heterocycles. The molecular weight excluding hydrogens is 234 g/mol. The molecule has 1 aromatic carbocycles. The lowest BCUT2D eigenvalue weighted by Crippen LogP contribution is -2.23. The Bertz CT molecular complexity index is 454. The maximum Gasteiger partial charge on any atom is 0.227 e. The van der Waals surface area contributed by atoms with E-state index in [1.54, 1.807) is 0 Å². The Morgan fingerprint density at radius 1 is 1.41 bits per heavy atom. The van der Waals surface area contributed by atoms with Gasteiger partial charge in [-0.1, -0.05) is 29.8 Å². The first-order chi connectivity index (χ1) is 8.16. The summed E-state index contributed by atoms with van der Waals surface area (Å²) in [6.45, 7) is 1.98. The fraction of sp³-hybridized carbons (Fsp3) is 0.357. The van der Waals surface area contributed by atoms with E-state index >= 15 is 0 Å². The largest absolute Gasteiger partial charge is 0.325 e. The zero-order chi connectivity index (χ0) is 12.3. The number of anilines is 1. The molecule has 0 spiro atoms. The summed E-state index contributed by atoms with van der Waals surface area (Å²) in [4.78, 5) is 12.0. The molecule has 1 aromatic rings. The second-order valence-electron chi connectivity index (χ2n) is 4.45. The average molecular weight is 250 g/mol. The van der Waals surface area contributed by atoms with Crippen molar-refractivity contribution in [1.82, 2.24) is 0 Å². The summed E-state index contributed by atoms with van der Waals surface area (Å²) < 4.78 is 0. The summed E-state index contributed by atoms with van der Waals surface area (Å²) in [7, 11) is 0. The Morgan fingerprint density at radius 2 is 2.24 bits per heavy atom. The van der Waals surface area contributed by atoms with Gasteiger partial charge < -0.3 is 5.32 Å². The molecule has 3 heteroatoms. The van der Waals surface area contributed by atoms with Crippen LogP contribution in [0.15, 0.2) is 30.4 Å². The van der Waals surface area contributed by atoms with Gasteiger partial charge in [0.25, 0.3) is 0 Å². The van der Waals surface area contributed by atoms with Gasteiger partial charge in [0.2, 0.25) is 5.91 Å². The summed E-state index contributed by atoms with van der Waals surface area (Å²) in [5.41, 5.74) is 1.80. The highest BCUT2D eigenvalue weighted by Crippen LogP contribution is 2.25. The number of rotatable bonds is 2. The molecule has 1 aliphatic rings. The highest BCUT2D eigenvalue weighted by atomic mass is 35.5. The second-order valence-corrected chi connectivity index (χ2v) is 4.86. The van der Waals surface area contributed by atoms with Crippen LogP contribution in [0.5, 0.6) is 0 Å². The smallest absolute Gasteiger partial charge is 0.227 e. The normalized spacial score (nSPS) is 19.1. The number of amides is 1. The summed E-state index contributed by atoms with van der Waals surface area (Å²) >= 11 is 6.08. The standard InChI is InChI=1S/C14H16ClNO/c1-10-7-8-13(12(15)9-10)16-14(17)11-5-3-2-4-6-11/h2-3,7-9,11H,4-6H2,1H3,(H,16,17)/t11-/m0/s1. The minimum absolute atomic E-state index is 0.0695. The van der Waals surface area contributed by atoms with E-state index in [1.165, 1.54) is 0 Å². The third-order valence-electron chi connectivity index (χ3n) is 3.02. The van der Waals surface area contributed by atoms with E-state index in [-0.39, 0.29) is 11.8 Å². The van der Waals surface area contributed by atoms with E-state index in [0.717, 1.165) is 24.8 Å². The number of carbonyl (C=O) groups is 1. The molecule has 0 saturated carbocycles. The monoisotopic (exact) mass is 249 g/mol. The van der Waals surface area contributed by atoms with Gasteiger partial charge in [-0.05, 0) is 43.9 Å². The van der Waals surface area contributed by atoms with Crippen molar-refractivity contribution in [2.75, 3.05) is 5.32 Å². The third-order valence-corrected chi connectivity index (χ3v) is 3.34. The van der Waals surface area contributed by atoms with Gasteiger partial charge in [-0.15, -0.1) is 0 Å². The van der Waals surface area contributed by atoms with Gasteiger partial charge in [0.15, 0.2) is 0 Å². The predicted octanol–water partition coefficient (Wildman–Crippen LogP) is 3.94. The molecular formula is C14H16ClNO. The molecule has 2 nitrogen and oxygen atoms in total. The fourth-order valence-corrected chi connectivity index (χ4v) is 2.27. The van der Waals surface area contributed by atoms with Gasteiger partial charge in [0, 0.05) is 5.92 Å². The number of hydrogen-bond acceptors (Lipinski definition) is 1. The van der Waals surface area contributed by atoms with Gasteiger partial charge in [-0.3, -0.25) is 4.79 Å². The van der Waals surface area contributed by atoms with Crippen molar-refractivity contribution in [3.05, 3.63) is 40.9 Å². The number of halogens is 1. The Hall–Kier alpha value is -1.28. The van der Waals surface area contributed by atoms with Crippen LogP contribution in [-0.2, 0) is 4.79 Å². The zero-order valence-corrected chi connectivity index (χ0v) is 10.6. The average Bonchev–Trinajstić information content (AvgIpc) is 2.34. The number of hydrogen-bond donors (Lipinski definition) is 1. The Labute approximate surface area is 107 Å². The van der Waals surface area contributed by atoms with E-state index in [0.29, 0.717) is 10.7 Å². The Kier molecular flexibility index (Phi) is 3.85. The minimum atomic E-state index is 0.0695. The number of carbonyl (C=O) groups excluding carboxylic acids is 1. The molecule has 17 heavy (non-hydrogen) atoms. The molecule has 1 aliphatic carbocycles. The van der Waals surface area contributed by atoms with Gasteiger partial charge in [-0.25, -0.2) is 0 Å². The number of benzene rings is 1. The lowest BCUT2D eigenvalue weighted by atomic mass is 9.93. The summed E-state index contributed by atoms with van der Waals surface area (Å²) in [5, 5.41) is 3.50. The fourth-order valence-electron chi connectivity index (χ4n) is 1.99. The first-order valence-corrected chi connectivity index (χ1v) is 6.26. The van der Waals surface area contributed by atoms with Crippen molar-refractivity contribution in [2.45, 2.75) is 26.2 Å². The van der Waals surface area contributed by atoms with Gasteiger partial charge >= 0.3 is 0 Å². The molecule has 2 rings (SSSR count). The first-order valence-electron chi connectivity index (χ1n) is 5.89. The molecule has 0 fully saturated rings. The molecule has 90 valence electrons. The van der Waals surface area contributed by atoms with E-state index in [2.05, 4.69) is 17.5 Å². The van der Waals surface area contributed by atoms with E-state index < -0.39 is 0 Å². The molecule has 1 atom stereocenters. The molecule has 0 aliphatic heterocycles. The van der Waals surface area contributed by atoms with Crippen LogP contribution in [0.3, 0.4) is 0 Å². The maximum absolute atomic E-state index is 12.0. The zero-order valence-electron chi connectivity index (χ0n) is 9.87. The quantitative estimate of drug-likeness (QED) is 0.791. The Balaban J connectivity index is 2.05. The molecule has 0 saturated heterocycles. The van der Waals surface area contributed by atoms with Crippen LogP contribution in [0.2, 0.25) is 5.02 Å². The van der Waals surface area contributed by atoms with Crippen LogP contribution < -0.4 is 5.32 Å². The van der Waals surface area contributed by atoms with Crippen LogP contribution in [0, 0.1) is 12.8 Å². The van der Waals surface area contributed by atoms with E-state index in [1.807, 2.05) is 25.1 Å². The number of allylic oxidation sites excluding steroid dienone is 2. The molecule has 0 radical (unpaired) electrons. The van der Waals surface area contributed by atoms with Crippen LogP contribution in [0.4, 0.5) is 5.69 Å². The molecule has 1 N–H and O–H groups in total. The van der Waals surface area contributed by atoms with Gasteiger partial charge in [0.05, 0.1) is 10.7 Å². The van der Waals surface area contributed by atoms with Crippen molar-refractivity contribution in [3.8, 4) is 0 Å². The van der Waals surface area contributed by atoms with Crippen LogP contribution in [-0.4, -0.2) is 5.91 Å². The molecule has 0 aromatic heterocycles. The molecule has 0 unspecified atom stereocenters. The predicted molar refractivity (Wildman–Crippen MR) is 71.3 cm³/mol. The maximum atomic E-state index is 12.0. The first kappa shape index (κ1) is 12.2. The van der Waals surface area contributed by atoms with E-state index in [9.17, 15) is 4.79 Å². The lowest BCUT2D eigenvalue weighted by Gasteiger charge is -2.17. The Morgan fingerprint density at radius 3 is 2.88 bits per heavy atom. The minimum Gasteiger partial charge on any atom is -0.325 e. The highest BCUT2D eigenvalue weighted by Gasteiger charge is 2.19. The number of aryl methyl sites for hydroxylation is 1. The molecule has 1 amide bonds. The summed E-state index contributed by atoms with van der Waals surface area (Å²) in [6, 6.07) is 5.66. The van der Waals surface area contributed by atoms with Gasteiger partial charge in [-0.2, -0.15) is 0 Å². The van der Waals surface area contributed by atoms with Crippen LogP contribution in [0.25, 0.3) is 0 Å². The second kappa shape index (κ2) is 5.37. The SMILES string of the molecule is Cc1ccc(NC(=O)[C@H]2CC=CCC2)c(Cl)c1.